The highest BCUT2D eigenvalue weighted by atomic mass is 15.2. The molecule has 84 valence electrons. The Labute approximate surface area is 92.2 Å². The van der Waals surface area contributed by atoms with Gasteiger partial charge in [0.05, 0.1) is 0 Å². The molecule has 1 aliphatic heterocycles. The van der Waals surface area contributed by atoms with Crippen molar-refractivity contribution in [3.8, 4) is 0 Å². The molecule has 2 heteroatoms. The van der Waals surface area contributed by atoms with Crippen molar-refractivity contribution < 1.29 is 0 Å². The number of likely N-dealkylation sites (tertiary alicyclic amines) is 1. The molecule has 0 radical (unpaired) electrons. The summed E-state index contributed by atoms with van der Waals surface area (Å²) in [5.41, 5.74) is 7.43. The smallest absolute Gasteiger partial charge is 0.0233 e. The van der Waals surface area contributed by atoms with Gasteiger partial charge in [-0.2, -0.15) is 0 Å². The first-order valence-electron chi connectivity index (χ1n) is 6.74. The molecule has 1 heterocycles. The van der Waals surface area contributed by atoms with E-state index in [4.69, 9.17) is 5.73 Å². The highest BCUT2D eigenvalue weighted by molar-refractivity contribution is 5.21. The maximum absolute atomic E-state index is 6.61. The average molecular weight is 206 g/mol. The lowest BCUT2D eigenvalue weighted by Crippen LogP contribution is -2.52. The Morgan fingerprint density at radius 2 is 1.87 bits per heavy atom. The van der Waals surface area contributed by atoms with Crippen LogP contribution in [0.3, 0.4) is 0 Å². The number of rotatable bonds is 1. The van der Waals surface area contributed by atoms with Gasteiger partial charge in [-0.05, 0) is 69.9 Å². The van der Waals surface area contributed by atoms with Gasteiger partial charge < -0.3 is 5.73 Å². The summed E-state index contributed by atoms with van der Waals surface area (Å²) < 4.78 is 0. The van der Waals surface area contributed by atoms with Gasteiger partial charge in [0.2, 0.25) is 0 Å². The summed E-state index contributed by atoms with van der Waals surface area (Å²) in [7, 11) is 0. The van der Waals surface area contributed by atoms with Crippen LogP contribution >= 0.6 is 0 Å². The molecule has 4 unspecified atom stereocenters. The molecule has 0 aromatic carbocycles. The largest absolute Gasteiger partial charge is 0.325 e. The molecule has 0 aromatic rings. The molecule has 4 bridgehead atoms. The molecule has 1 saturated heterocycles. The van der Waals surface area contributed by atoms with Crippen LogP contribution in [0, 0.1) is 11.8 Å². The first kappa shape index (κ1) is 9.00. The van der Waals surface area contributed by atoms with Crippen molar-refractivity contribution in [1.29, 1.82) is 0 Å². The molecule has 0 amide bonds. The van der Waals surface area contributed by atoms with Crippen LogP contribution in [-0.2, 0) is 0 Å². The predicted octanol–water partition coefficient (Wildman–Crippen LogP) is 1.74. The van der Waals surface area contributed by atoms with Gasteiger partial charge in [-0.1, -0.05) is 0 Å². The van der Waals surface area contributed by atoms with Gasteiger partial charge in [0, 0.05) is 11.1 Å². The fourth-order valence-electron chi connectivity index (χ4n) is 5.48. The molecule has 4 saturated carbocycles. The first-order chi connectivity index (χ1) is 7.20. The molecule has 5 fully saturated rings. The number of nitrogens with zero attached hydrogens (tertiary/aromatic N) is 1. The Kier molecular flexibility index (Phi) is 1.56. The zero-order valence-electron chi connectivity index (χ0n) is 9.54. The minimum absolute atomic E-state index is 0.255. The maximum Gasteiger partial charge on any atom is 0.0233 e. The quantitative estimate of drug-likeness (QED) is 0.708. The third-order valence-electron chi connectivity index (χ3n) is 5.83. The van der Waals surface area contributed by atoms with Crippen LogP contribution in [0.15, 0.2) is 0 Å². The lowest BCUT2D eigenvalue weighted by atomic mass is 9.74. The van der Waals surface area contributed by atoms with Gasteiger partial charge >= 0.3 is 0 Å². The van der Waals surface area contributed by atoms with E-state index in [0.717, 1.165) is 11.8 Å². The van der Waals surface area contributed by atoms with Crippen LogP contribution in [0.2, 0.25) is 0 Å². The summed E-state index contributed by atoms with van der Waals surface area (Å²) in [6.45, 7) is 2.71. The van der Waals surface area contributed by atoms with Crippen molar-refractivity contribution >= 4 is 0 Å². The van der Waals surface area contributed by atoms with E-state index in [0.29, 0.717) is 5.54 Å². The molecule has 2 N–H and O–H groups in total. The zero-order valence-corrected chi connectivity index (χ0v) is 9.54. The van der Waals surface area contributed by atoms with E-state index in [9.17, 15) is 0 Å². The first-order valence-corrected chi connectivity index (χ1v) is 6.74. The van der Waals surface area contributed by atoms with Crippen LogP contribution in [0.1, 0.15) is 44.9 Å². The molecule has 5 aliphatic rings. The van der Waals surface area contributed by atoms with E-state index in [1.807, 2.05) is 0 Å². The molecule has 4 atom stereocenters. The highest BCUT2D eigenvalue weighted by Gasteiger charge is 2.64. The molecular formula is C13H22N2. The van der Waals surface area contributed by atoms with E-state index >= 15 is 0 Å². The maximum atomic E-state index is 6.61. The average Bonchev–Trinajstić information content (AvgIpc) is 2.78. The van der Waals surface area contributed by atoms with Crippen LogP contribution in [0.4, 0.5) is 0 Å². The standard InChI is InChI=1S/C13H22N2/c14-13-7-10-5-11(13)8-12(6-10,9-13)15-3-1-2-4-15/h10-11H,1-9,14H2. The van der Waals surface area contributed by atoms with Crippen LogP contribution in [0.5, 0.6) is 0 Å². The van der Waals surface area contributed by atoms with Gasteiger partial charge in [0.1, 0.15) is 0 Å². The Morgan fingerprint density at radius 1 is 1.07 bits per heavy atom. The molecule has 4 aliphatic carbocycles. The second kappa shape index (κ2) is 2.60. The molecule has 0 spiro atoms. The number of hydrogen-bond donors (Lipinski definition) is 1. The normalized spacial score (nSPS) is 58.2. The second-order valence-corrected chi connectivity index (χ2v) is 6.74. The highest BCUT2D eigenvalue weighted by Crippen LogP contribution is 2.63. The van der Waals surface area contributed by atoms with Gasteiger partial charge in [-0.25, -0.2) is 0 Å². The van der Waals surface area contributed by atoms with Gasteiger partial charge in [0.25, 0.3) is 0 Å². The predicted molar refractivity (Wildman–Crippen MR) is 60.5 cm³/mol. The Balaban J connectivity index is 1.69. The van der Waals surface area contributed by atoms with Crippen molar-refractivity contribution in [3.63, 3.8) is 0 Å². The van der Waals surface area contributed by atoms with E-state index in [-0.39, 0.29) is 5.54 Å². The molecule has 15 heavy (non-hydrogen) atoms. The summed E-state index contributed by atoms with van der Waals surface area (Å²) in [5, 5.41) is 0. The van der Waals surface area contributed by atoms with Gasteiger partial charge in [0.15, 0.2) is 0 Å². The molecule has 2 nitrogen and oxygen atoms in total. The van der Waals surface area contributed by atoms with E-state index in [1.165, 1.54) is 58.0 Å². The van der Waals surface area contributed by atoms with Crippen molar-refractivity contribution in [2.24, 2.45) is 17.6 Å². The molecule has 0 aromatic heterocycles. The fraction of sp³-hybridized carbons (Fsp3) is 1.00. The third kappa shape index (κ3) is 1.03. The Morgan fingerprint density at radius 3 is 2.53 bits per heavy atom. The molecule has 5 rings (SSSR count). The summed E-state index contributed by atoms with van der Waals surface area (Å²) in [5.74, 6) is 1.85. The molecular weight excluding hydrogens is 184 g/mol. The third-order valence-corrected chi connectivity index (χ3v) is 5.83. The summed E-state index contributed by atoms with van der Waals surface area (Å²) in [6.07, 6.45) is 9.87. The summed E-state index contributed by atoms with van der Waals surface area (Å²) in [6, 6.07) is 0. The monoisotopic (exact) mass is 206 g/mol. The second-order valence-electron chi connectivity index (χ2n) is 6.74. The van der Waals surface area contributed by atoms with Crippen molar-refractivity contribution in [2.45, 2.75) is 56.0 Å². The van der Waals surface area contributed by atoms with E-state index in [2.05, 4.69) is 4.90 Å². The number of nitrogens with two attached hydrogens (primary N) is 1. The minimum Gasteiger partial charge on any atom is -0.325 e. The Hall–Kier alpha value is -0.0800. The van der Waals surface area contributed by atoms with Crippen LogP contribution in [-0.4, -0.2) is 29.1 Å². The zero-order chi connectivity index (χ0) is 10.1. The van der Waals surface area contributed by atoms with Crippen LogP contribution < -0.4 is 5.73 Å². The van der Waals surface area contributed by atoms with E-state index < -0.39 is 0 Å². The number of hydrogen-bond acceptors (Lipinski definition) is 2. The van der Waals surface area contributed by atoms with Gasteiger partial charge in [-0.15, -0.1) is 0 Å². The topological polar surface area (TPSA) is 29.3 Å². The van der Waals surface area contributed by atoms with Gasteiger partial charge in [-0.3, -0.25) is 4.90 Å². The lowest BCUT2D eigenvalue weighted by Gasteiger charge is -2.46. The van der Waals surface area contributed by atoms with Crippen LogP contribution in [0.25, 0.3) is 0 Å². The minimum atomic E-state index is 0.255. The lowest BCUT2D eigenvalue weighted by molar-refractivity contribution is 0.0506. The van der Waals surface area contributed by atoms with Crippen molar-refractivity contribution in [1.82, 2.24) is 4.90 Å². The Bertz CT molecular complexity index is 297. The fourth-order valence-corrected chi connectivity index (χ4v) is 5.48. The van der Waals surface area contributed by atoms with E-state index in [1.54, 1.807) is 0 Å². The van der Waals surface area contributed by atoms with Crippen molar-refractivity contribution in [3.05, 3.63) is 0 Å². The van der Waals surface area contributed by atoms with Crippen molar-refractivity contribution in [2.75, 3.05) is 13.1 Å². The summed E-state index contributed by atoms with van der Waals surface area (Å²) in [4.78, 5) is 2.81. The SMILES string of the molecule is NC12CC3CC1CC(N1CCCC1)(C3)C2. The summed E-state index contributed by atoms with van der Waals surface area (Å²) >= 11 is 0.